The van der Waals surface area contributed by atoms with Crippen molar-refractivity contribution < 1.29 is 0 Å². The Kier molecular flexibility index (Phi) is 3.50. The number of halogens is 1. The predicted molar refractivity (Wildman–Crippen MR) is 56.3 cm³/mol. The van der Waals surface area contributed by atoms with E-state index in [4.69, 9.17) is 11.0 Å². The normalized spacial score (nSPS) is 12.1. The van der Waals surface area contributed by atoms with E-state index in [1.54, 1.807) is 0 Å². The molecule has 2 N–H and O–H groups in total. The van der Waals surface area contributed by atoms with Crippen LogP contribution in [0.1, 0.15) is 18.0 Å². The van der Waals surface area contributed by atoms with Gasteiger partial charge in [0.05, 0.1) is 12.5 Å². The van der Waals surface area contributed by atoms with Crippen molar-refractivity contribution in [2.75, 3.05) is 0 Å². The second-order valence-corrected chi connectivity index (χ2v) is 3.77. The Morgan fingerprint density at radius 1 is 1.42 bits per heavy atom. The maximum atomic E-state index is 8.42. The van der Waals surface area contributed by atoms with Gasteiger partial charge in [0.2, 0.25) is 0 Å². The van der Waals surface area contributed by atoms with Gasteiger partial charge in [-0.3, -0.25) is 0 Å². The number of hydrogen-bond acceptors (Lipinski definition) is 2. The smallest absolute Gasteiger partial charge is 0.0641 e. The maximum absolute atomic E-state index is 8.42. The largest absolute Gasteiger partial charge is 0.323 e. The molecule has 1 unspecified atom stereocenters. The van der Waals surface area contributed by atoms with Crippen LogP contribution in [-0.4, -0.2) is 0 Å². The van der Waals surface area contributed by atoms with Gasteiger partial charge in [0.15, 0.2) is 0 Å². The molecule has 0 saturated carbocycles. The molecule has 0 heterocycles. The van der Waals surface area contributed by atoms with Gasteiger partial charge in [-0.25, -0.2) is 0 Å². The minimum absolute atomic E-state index is 0.146. The Hall–Kier alpha value is -0.600. The van der Waals surface area contributed by atoms with Gasteiger partial charge < -0.3 is 5.73 Å². The number of nitriles is 1. The summed E-state index contributed by atoms with van der Waals surface area (Å²) in [5.41, 5.74) is 6.76. The lowest BCUT2D eigenvalue weighted by Gasteiger charge is -2.06. The van der Waals surface area contributed by atoms with Gasteiger partial charge in [-0.1, -0.05) is 12.1 Å². The first-order valence-corrected chi connectivity index (χ1v) is 4.70. The molecule has 0 aliphatic heterocycles. The molecule has 0 aliphatic carbocycles. The number of benzene rings is 1. The lowest BCUT2D eigenvalue weighted by Crippen LogP contribution is -2.08. The second kappa shape index (κ2) is 4.43. The summed E-state index contributed by atoms with van der Waals surface area (Å²) >= 11 is 2.24. The van der Waals surface area contributed by atoms with E-state index in [2.05, 4.69) is 28.7 Å². The molecule has 1 aromatic rings. The summed E-state index contributed by atoms with van der Waals surface area (Å²) in [6.45, 7) is 0. The highest BCUT2D eigenvalue weighted by atomic mass is 127. The predicted octanol–water partition coefficient (Wildman–Crippen LogP) is 2.20. The third kappa shape index (κ3) is 2.47. The van der Waals surface area contributed by atoms with Crippen LogP contribution in [0, 0.1) is 14.9 Å². The molecule has 0 spiro atoms. The highest BCUT2D eigenvalue weighted by molar-refractivity contribution is 14.1. The van der Waals surface area contributed by atoms with E-state index >= 15 is 0 Å². The standard InChI is InChI=1S/C9H9IN2/c10-8-3-1-7(2-4-8)9(12)5-6-11/h1-4,9H,5,12H2. The number of nitrogens with two attached hydrogens (primary N) is 1. The summed E-state index contributed by atoms with van der Waals surface area (Å²) in [4.78, 5) is 0. The van der Waals surface area contributed by atoms with Crippen LogP contribution in [0.4, 0.5) is 0 Å². The summed E-state index contributed by atoms with van der Waals surface area (Å²) < 4.78 is 1.18. The molecule has 0 saturated heterocycles. The fourth-order valence-electron chi connectivity index (χ4n) is 0.926. The topological polar surface area (TPSA) is 49.8 Å². The van der Waals surface area contributed by atoms with Crippen LogP contribution in [0.2, 0.25) is 0 Å². The molecule has 0 aliphatic rings. The minimum atomic E-state index is -0.146. The highest BCUT2D eigenvalue weighted by Crippen LogP contribution is 2.14. The molecule has 62 valence electrons. The molecule has 0 fully saturated rings. The van der Waals surface area contributed by atoms with Crippen molar-refractivity contribution >= 4 is 22.6 Å². The SMILES string of the molecule is N#CCC(N)c1ccc(I)cc1. The van der Waals surface area contributed by atoms with Crippen molar-refractivity contribution in [3.63, 3.8) is 0 Å². The summed E-state index contributed by atoms with van der Waals surface area (Å²) in [5.74, 6) is 0. The van der Waals surface area contributed by atoms with Crippen molar-refractivity contribution in [1.29, 1.82) is 5.26 Å². The molecule has 0 amide bonds. The molecular formula is C9H9IN2. The van der Waals surface area contributed by atoms with Crippen LogP contribution in [0.3, 0.4) is 0 Å². The Labute approximate surface area is 85.5 Å². The van der Waals surface area contributed by atoms with Gasteiger partial charge in [-0.05, 0) is 40.3 Å². The van der Waals surface area contributed by atoms with Crippen molar-refractivity contribution in [3.05, 3.63) is 33.4 Å². The fraction of sp³-hybridized carbons (Fsp3) is 0.222. The minimum Gasteiger partial charge on any atom is -0.323 e. The third-order valence-electron chi connectivity index (χ3n) is 1.61. The summed E-state index contributed by atoms with van der Waals surface area (Å²) in [5, 5.41) is 8.42. The van der Waals surface area contributed by atoms with Gasteiger partial charge in [0, 0.05) is 9.61 Å². The van der Waals surface area contributed by atoms with Crippen LogP contribution < -0.4 is 5.73 Å². The number of rotatable bonds is 2. The first-order chi connectivity index (χ1) is 5.74. The quantitative estimate of drug-likeness (QED) is 0.839. The van der Waals surface area contributed by atoms with E-state index in [9.17, 15) is 0 Å². The molecule has 0 bridgehead atoms. The summed E-state index contributed by atoms with van der Waals surface area (Å²) in [7, 11) is 0. The van der Waals surface area contributed by atoms with Crippen molar-refractivity contribution in [2.24, 2.45) is 5.73 Å². The Morgan fingerprint density at radius 2 is 2.00 bits per heavy atom. The molecule has 2 nitrogen and oxygen atoms in total. The Morgan fingerprint density at radius 3 is 2.50 bits per heavy atom. The molecule has 0 aromatic heterocycles. The van der Waals surface area contributed by atoms with Gasteiger partial charge >= 0.3 is 0 Å². The highest BCUT2D eigenvalue weighted by Gasteiger charge is 2.03. The monoisotopic (exact) mass is 272 g/mol. The van der Waals surface area contributed by atoms with E-state index in [1.165, 1.54) is 3.57 Å². The van der Waals surface area contributed by atoms with Crippen molar-refractivity contribution in [3.8, 4) is 6.07 Å². The molecule has 0 radical (unpaired) electrons. The van der Waals surface area contributed by atoms with Crippen molar-refractivity contribution in [1.82, 2.24) is 0 Å². The third-order valence-corrected chi connectivity index (χ3v) is 2.33. The zero-order valence-corrected chi connectivity index (χ0v) is 8.65. The Balaban J connectivity index is 2.76. The van der Waals surface area contributed by atoms with E-state index in [-0.39, 0.29) is 6.04 Å². The van der Waals surface area contributed by atoms with Crippen LogP contribution in [0.15, 0.2) is 24.3 Å². The van der Waals surface area contributed by atoms with E-state index < -0.39 is 0 Å². The average Bonchev–Trinajstić information content (AvgIpc) is 2.06. The first-order valence-electron chi connectivity index (χ1n) is 3.62. The van der Waals surface area contributed by atoms with E-state index in [0.717, 1.165) is 5.56 Å². The van der Waals surface area contributed by atoms with Gasteiger partial charge in [-0.2, -0.15) is 5.26 Å². The number of hydrogen-bond donors (Lipinski definition) is 1. The average molecular weight is 272 g/mol. The fourth-order valence-corrected chi connectivity index (χ4v) is 1.29. The zero-order valence-electron chi connectivity index (χ0n) is 6.50. The van der Waals surface area contributed by atoms with Crippen LogP contribution >= 0.6 is 22.6 Å². The Bertz CT molecular complexity index is 286. The summed E-state index contributed by atoms with van der Waals surface area (Å²) in [6, 6.07) is 9.82. The summed E-state index contributed by atoms with van der Waals surface area (Å²) in [6.07, 6.45) is 0.376. The molecule has 1 rings (SSSR count). The van der Waals surface area contributed by atoms with Gasteiger partial charge in [-0.15, -0.1) is 0 Å². The van der Waals surface area contributed by atoms with E-state index in [0.29, 0.717) is 6.42 Å². The van der Waals surface area contributed by atoms with Gasteiger partial charge in [0.25, 0.3) is 0 Å². The molecular weight excluding hydrogens is 263 g/mol. The first kappa shape index (κ1) is 9.49. The van der Waals surface area contributed by atoms with Crippen molar-refractivity contribution in [2.45, 2.75) is 12.5 Å². The number of nitrogens with zero attached hydrogens (tertiary/aromatic N) is 1. The lowest BCUT2D eigenvalue weighted by atomic mass is 10.1. The van der Waals surface area contributed by atoms with Crippen LogP contribution in [0.25, 0.3) is 0 Å². The molecule has 3 heteroatoms. The molecule has 1 aromatic carbocycles. The zero-order chi connectivity index (χ0) is 8.97. The van der Waals surface area contributed by atoms with Crippen LogP contribution in [-0.2, 0) is 0 Å². The lowest BCUT2D eigenvalue weighted by molar-refractivity contribution is 0.748. The molecule has 1 atom stereocenters. The second-order valence-electron chi connectivity index (χ2n) is 2.52. The molecule has 12 heavy (non-hydrogen) atoms. The van der Waals surface area contributed by atoms with Gasteiger partial charge in [0.1, 0.15) is 0 Å². The van der Waals surface area contributed by atoms with Crippen LogP contribution in [0.5, 0.6) is 0 Å². The maximum Gasteiger partial charge on any atom is 0.0641 e. The van der Waals surface area contributed by atoms with E-state index in [1.807, 2.05) is 24.3 Å².